The maximum Gasteiger partial charge on any atom is 0.306 e. The number of rotatable bonds is 3. The van der Waals surface area contributed by atoms with Gasteiger partial charge in [-0.3, -0.25) is 4.79 Å². The van der Waals surface area contributed by atoms with E-state index in [4.69, 9.17) is 5.11 Å². The van der Waals surface area contributed by atoms with Crippen LogP contribution < -0.4 is 0 Å². The minimum Gasteiger partial charge on any atom is -0.481 e. The molecule has 2 atom stereocenters. The van der Waals surface area contributed by atoms with Crippen molar-refractivity contribution < 1.29 is 18.3 Å². The Morgan fingerprint density at radius 1 is 1.10 bits per heavy atom. The number of carboxylic acid groups (broad SMARTS) is 1. The van der Waals surface area contributed by atoms with Crippen LogP contribution in [0.4, 0.5) is 0 Å². The van der Waals surface area contributed by atoms with Crippen LogP contribution in [-0.2, 0) is 15.0 Å². The van der Waals surface area contributed by atoms with Crippen molar-refractivity contribution in [1.82, 2.24) is 8.61 Å². The summed E-state index contributed by atoms with van der Waals surface area (Å²) < 4.78 is 28.4. The van der Waals surface area contributed by atoms with Crippen LogP contribution in [-0.4, -0.2) is 53.8 Å². The molecule has 0 spiro atoms. The van der Waals surface area contributed by atoms with E-state index < -0.39 is 22.1 Å². The van der Waals surface area contributed by atoms with Gasteiger partial charge in [0.25, 0.3) is 10.2 Å². The molecule has 0 aromatic heterocycles. The topological polar surface area (TPSA) is 77.9 Å². The van der Waals surface area contributed by atoms with Crippen molar-refractivity contribution in [3.05, 3.63) is 0 Å². The third-order valence-electron chi connectivity index (χ3n) is 4.35. The minimum absolute atomic E-state index is 0.238. The first-order chi connectivity index (χ1) is 9.43. The molecule has 0 aromatic carbocycles. The molecule has 1 N–H and O–H groups in total. The molecule has 0 aliphatic carbocycles. The summed E-state index contributed by atoms with van der Waals surface area (Å²) in [6.07, 6.45) is 4.82. The molecule has 2 heterocycles. The third kappa shape index (κ3) is 3.32. The number of carboxylic acids is 1. The van der Waals surface area contributed by atoms with Gasteiger partial charge in [0.1, 0.15) is 0 Å². The number of hydrogen-bond acceptors (Lipinski definition) is 3. The summed E-state index contributed by atoms with van der Waals surface area (Å²) in [7, 11) is -3.43. The maximum absolute atomic E-state index is 12.7. The average molecular weight is 304 g/mol. The van der Waals surface area contributed by atoms with Gasteiger partial charge in [-0.2, -0.15) is 17.0 Å². The molecule has 0 radical (unpaired) electrons. The molecule has 2 rings (SSSR count). The first-order valence-electron chi connectivity index (χ1n) is 7.42. The van der Waals surface area contributed by atoms with Gasteiger partial charge in [0.2, 0.25) is 0 Å². The van der Waals surface area contributed by atoms with Crippen molar-refractivity contribution in [2.75, 3.05) is 19.6 Å². The normalized spacial score (nSPS) is 30.9. The SMILES string of the molecule is CC1CC(C(=O)O)CCN1S(=O)(=O)N1CCCCCC1. The van der Waals surface area contributed by atoms with Crippen LogP contribution in [0.3, 0.4) is 0 Å². The predicted molar refractivity (Wildman–Crippen MR) is 75.5 cm³/mol. The van der Waals surface area contributed by atoms with E-state index >= 15 is 0 Å². The highest BCUT2D eigenvalue weighted by Crippen LogP contribution is 2.27. The quantitative estimate of drug-likeness (QED) is 0.852. The van der Waals surface area contributed by atoms with Crippen LogP contribution in [0, 0.1) is 5.92 Å². The Morgan fingerprint density at radius 2 is 1.70 bits per heavy atom. The number of piperidine rings is 1. The lowest BCUT2D eigenvalue weighted by Crippen LogP contribution is -2.52. The Balaban J connectivity index is 2.07. The zero-order valence-corrected chi connectivity index (χ0v) is 12.8. The Labute approximate surface area is 120 Å². The largest absolute Gasteiger partial charge is 0.481 e. The van der Waals surface area contributed by atoms with E-state index in [0.29, 0.717) is 32.5 Å². The highest BCUT2D eigenvalue weighted by molar-refractivity contribution is 7.86. The van der Waals surface area contributed by atoms with E-state index in [1.165, 1.54) is 4.31 Å². The van der Waals surface area contributed by atoms with E-state index in [2.05, 4.69) is 0 Å². The zero-order valence-electron chi connectivity index (χ0n) is 12.0. The lowest BCUT2D eigenvalue weighted by molar-refractivity contribution is -0.143. The van der Waals surface area contributed by atoms with E-state index in [0.717, 1.165) is 25.7 Å². The highest BCUT2D eigenvalue weighted by Gasteiger charge is 2.38. The average Bonchev–Trinajstić information content (AvgIpc) is 2.67. The Hall–Kier alpha value is -0.660. The number of carbonyl (C=O) groups is 1. The van der Waals surface area contributed by atoms with E-state index in [1.807, 2.05) is 6.92 Å². The first kappa shape index (κ1) is 15.7. The molecule has 0 bridgehead atoms. The van der Waals surface area contributed by atoms with Gasteiger partial charge in [-0.1, -0.05) is 12.8 Å². The number of aliphatic carboxylic acids is 1. The molecule has 2 aliphatic heterocycles. The van der Waals surface area contributed by atoms with Gasteiger partial charge in [-0.25, -0.2) is 0 Å². The van der Waals surface area contributed by atoms with Crippen molar-refractivity contribution in [3.63, 3.8) is 0 Å². The van der Waals surface area contributed by atoms with Gasteiger partial charge in [0.05, 0.1) is 5.92 Å². The van der Waals surface area contributed by atoms with Gasteiger partial charge in [0.15, 0.2) is 0 Å². The van der Waals surface area contributed by atoms with E-state index in [1.54, 1.807) is 4.31 Å². The van der Waals surface area contributed by atoms with Crippen LogP contribution >= 0.6 is 0 Å². The molecule has 116 valence electrons. The molecule has 0 saturated carbocycles. The summed E-state index contributed by atoms with van der Waals surface area (Å²) in [5, 5.41) is 9.05. The lowest BCUT2D eigenvalue weighted by Gasteiger charge is -2.38. The second-order valence-corrected chi connectivity index (χ2v) is 7.72. The fourth-order valence-electron chi connectivity index (χ4n) is 3.14. The molecule has 2 saturated heterocycles. The molecule has 0 aromatic rings. The van der Waals surface area contributed by atoms with Crippen molar-refractivity contribution in [2.45, 2.75) is 51.5 Å². The minimum atomic E-state index is -3.43. The standard InChI is InChI=1S/C13H24N2O4S/c1-11-10-12(13(16)17)6-9-15(11)20(18,19)14-7-4-2-3-5-8-14/h11-12H,2-10H2,1H3,(H,16,17). The summed E-state index contributed by atoms with van der Waals surface area (Å²) in [4.78, 5) is 11.0. The highest BCUT2D eigenvalue weighted by atomic mass is 32.2. The van der Waals surface area contributed by atoms with Gasteiger partial charge < -0.3 is 5.11 Å². The molecule has 0 amide bonds. The smallest absolute Gasteiger partial charge is 0.306 e. The Bertz CT molecular complexity index is 443. The Morgan fingerprint density at radius 3 is 2.20 bits per heavy atom. The molecule has 2 aliphatic rings. The van der Waals surface area contributed by atoms with Gasteiger partial charge in [-0.15, -0.1) is 0 Å². The predicted octanol–water partition coefficient (Wildman–Crippen LogP) is 1.29. The second kappa shape index (κ2) is 6.41. The van der Waals surface area contributed by atoms with Crippen molar-refractivity contribution in [2.24, 2.45) is 5.92 Å². The van der Waals surface area contributed by atoms with Crippen molar-refractivity contribution in [1.29, 1.82) is 0 Å². The number of hydrogen-bond donors (Lipinski definition) is 1. The summed E-state index contributed by atoms with van der Waals surface area (Å²) in [6.45, 7) is 3.31. The van der Waals surface area contributed by atoms with Crippen LogP contribution in [0.5, 0.6) is 0 Å². The summed E-state index contributed by atoms with van der Waals surface area (Å²) in [5.41, 5.74) is 0. The summed E-state index contributed by atoms with van der Waals surface area (Å²) in [5.74, 6) is -1.23. The molecule has 7 heteroatoms. The van der Waals surface area contributed by atoms with Gasteiger partial charge >= 0.3 is 5.97 Å². The van der Waals surface area contributed by atoms with E-state index in [-0.39, 0.29) is 6.04 Å². The van der Waals surface area contributed by atoms with Crippen LogP contribution in [0.25, 0.3) is 0 Å². The zero-order chi connectivity index (χ0) is 14.8. The maximum atomic E-state index is 12.7. The van der Waals surface area contributed by atoms with Crippen LogP contribution in [0.2, 0.25) is 0 Å². The molecular formula is C13H24N2O4S. The fraction of sp³-hybridized carbons (Fsp3) is 0.923. The molecule has 2 unspecified atom stereocenters. The van der Waals surface area contributed by atoms with Crippen molar-refractivity contribution >= 4 is 16.2 Å². The van der Waals surface area contributed by atoms with E-state index in [9.17, 15) is 13.2 Å². The first-order valence-corrected chi connectivity index (χ1v) is 8.82. The third-order valence-corrected chi connectivity index (χ3v) is 6.50. The fourth-order valence-corrected chi connectivity index (χ4v) is 5.03. The van der Waals surface area contributed by atoms with Gasteiger partial charge in [-0.05, 0) is 32.6 Å². The van der Waals surface area contributed by atoms with Gasteiger partial charge in [0, 0.05) is 25.7 Å². The van der Waals surface area contributed by atoms with Crippen molar-refractivity contribution in [3.8, 4) is 0 Å². The van der Waals surface area contributed by atoms with Crippen LogP contribution in [0.15, 0.2) is 0 Å². The lowest BCUT2D eigenvalue weighted by atomic mass is 9.93. The number of nitrogens with zero attached hydrogens (tertiary/aromatic N) is 2. The molecular weight excluding hydrogens is 280 g/mol. The molecule has 20 heavy (non-hydrogen) atoms. The molecule has 2 fully saturated rings. The molecule has 6 nitrogen and oxygen atoms in total. The second-order valence-electron chi connectivity index (χ2n) is 5.84. The monoisotopic (exact) mass is 304 g/mol. The van der Waals surface area contributed by atoms with Crippen LogP contribution in [0.1, 0.15) is 45.4 Å². The summed E-state index contributed by atoms with van der Waals surface area (Å²) in [6, 6.07) is -0.238. The Kier molecular flexibility index (Phi) is 5.04. The summed E-state index contributed by atoms with van der Waals surface area (Å²) >= 11 is 0.